The summed E-state index contributed by atoms with van der Waals surface area (Å²) in [5.41, 5.74) is 0. The average Bonchev–Trinajstić information content (AvgIpc) is 2.37. The summed E-state index contributed by atoms with van der Waals surface area (Å²) in [7, 11) is 1.35. The second-order valence-corrected chi connectivity index (χ2v) is 5.22. The SMILES string of the molecule is COC(=O)[C@H](CC(C)C)NC(=O)[C@@H]1CCCCN1. The number of carbonyl (C=O) groups excluding carboxylic acids is 2. The van der Waals surface area contributed by atoms with Crippen molar-refractivity contribution < 1.29 is 14.3 Å². The van der Waals surface area contributed by atoms with Gasteiger partial charge in [0.25, 0.3) is 0 Å². The molecule has 1 aliphatic rings. The molecule has 0 radical (unpaired) electrons. The van der Waals surface area contributed by atoms with Gasteiger partial charge in [0, 0.05) is 0 Å². The molecule has 104 valence electrons. The first-order chi connectivity index (χ1) is 8.54. The minimum absolute atomic E-state index is 0.0919. The molecule has 2 atom stereocenters. The van der Waals surface area contributed by atoms with Crippen LogP contribution in [0.4, 0.5) is 0 Å². The van der Waals surface area contributed by atoms with Gasteiger partial charge >= 0.3 is 5.97 Å². The lowest BCUT2D eigenvalue weighted by molar-refractivity contribution is -0.145. The molecule has 1 amide bonds. The summed E-state index contributed by atoms with van der Waals surface area (Å²) < 4.78 is 4.73. The molecule has 1 fully saturated rings. The van der Waals surface area contributed by atoms with Crippen molar-refractivity contribution in [1.82, 2.24) is 10.6 Å². The third-order valence-corrected chi connectivity index (χ3v) is 3.14. The molecule has 1 saturated heterocycles. The van der Waals surface area contributed by atoms with Crippen LogP contribution in [-0.4, -0.2) is 37.6 Å². The highest BCUT2D eigenvalue weighted by Gasteiger charge is 2.27. The van der Waals surface area contributed by atoms with Crippen LogP contribution in [0.25, 0.3) is 0 Å². The quantitative estimate of drug-likeness (QED) is 0.715. The monoisotopic (exact) mass is 256 g/mol. The fourth-order valence-electron chi connectivity index (χ4n) is 2.18. The highest BCUT2D eigenvalue weighted by molar-refractivity contribution is 5.87. The number of piperidine rings is 1. The van der Waals surface area contributed by atoms with Crippen LogP contribution in [0.1, 0.15) is 39.5 Å². The van der Waals surface area contributed by atoms with Crippen LogP contribution in [0.15, 0.2) is 0 Å². The van der Waals surface area contributed by atoms with E-state index in [-0.39, 0.29) is 17.9 Å². The van der Waals surface area contributed by atoms with Gasteiger partial charge in [-0.3, -0.25) is 4.79 Å². The van der Waals surface area contributed by atoms with E-state index in [2.05, 4.69) is 10.6 Å². The molecule has 5 heteroatoms. The van der Waals surface area contributed by atoms with Gasteiger partial charge in [-0.1, -0.05) is 20.3 Å². The number of carbonyl (C=O) groups is 2. The smallest absolute Gasteiger partial charge is 0.328 e. The van der Waals surface area contributed by atoms with Gasteiger partial charge < -0.3 is 15.4 Å². The summed E-state index contributed by atoms with van der Waals surface area (Å²) in [6.45, 7) is 4.90. The molecule has 5 nitrogen and oxygen atoms in total. The largest absolute Gasteiger partial charge is 0.467 e. The van der Waals surface area contributed by atoms with Crippen LogP contribution in [0.5, 0.6) is 0 Å². The number of hydrogen-bond donors (Lipinski definition) is 2. The Hall–Kier alpha value is -1.10. The summed E-state index contributed by atoms with van der Waals surface area (Å²) in [5, 5.41) is 5.96. The number of amides is 1. The molecule has 0 saturated carbocycles. The normalized spacial score (nSPS) is 21.4. The number of ether oxygens (including phenoxy) is 1. The number of nitrogens with one attached hydrogen (secondary N) is 2. The zero-order valence-electron chi connectivity index (χ0n) is 11.5. The van der Waals surface area contributed by atoms with Crippen LogP contribution >= 0.6 is 0 Å². The maximum absolute atomic E-state index is 12.0. The molecule has 0 spiro atoms. The van der Waals surface area contributed by atoms with E-state index in [0.717, 1.165) is 25.8 Å². The molecule has 1 aliphatic heterocycles. The fourth-order valence-corrected chi connectivity index (χ4v) is 2.18. The molecule has 0 aliphatic carbocycles. The van der Waals surface area contributed by atoms with Crippen LogP contribution in [0.2, 0.25) is 0 Å². The number of methoxy groups -OCH3 is 1. The van der Waals surface area contributed by atoms with Gasteiger partial charge in [0.05, 0.1) is 13.2 Å². The van der Waals surface area contributed by atoms with Crippen molar-refractivity contribution in [3.8, 4) is 0 Å². The van der Waals surface area contributed by atoms with E-state index in [1.165, 1.54) is 7.11 Å². The second-order valence-electron chi connectivity index (χ2n) is 5.22. The first-order valence-electron chi connectivity index (χ1n) is 6.66. The van der Waals surface area contributed by atoms with E-state index >= 15 is 0 Å². The average molecular weight is 256 g/mol. The molecule has 0 aromatic rings. The van der Waals surface area contributed by atoms with Crippen LogP contribution in [0.3, 0.4) is 0 Å². The Morgan fingerprint density at radius 3 is 2.61 bits per heavy atom. The van der Waals surface area contributed by atoms with E-state index in [1.807, 2.05) is 13.8 Å². The standard InChI is InChI=1S/C13H24N2O3/c1-9(2)8-11(13(17)18-3)15-12(16)10-6-4-5-7-14-10/h9-11,14H,4-8H2,1-3H3,(H,15,16)/t10-,11-/m0/s1. The van der Waals surface area contributed by atoms with Crippen molar-refractivity contribution in [2.75, 3.05) is 13.7 Å². The molecule has 1 heterocycles. The van der Waals surface area contributed by atoms with E-state index in [1.54, 1.807) is 0 Å². The van der Waals surface area contributed by atoms with Gasteiger partial charge in [-0.2, -0.15) is 0 Å². The lowest BCUT2D eigenvalue weighted by Gasteiger charge is -2.25. The Morgan fingerprint density at radius 2 is 2.11 bits per heavy atom. The predicted octanol–water partition coefficient (Wildman–Crippen LogP) is 0.832. The van der Waals surface area contributed by atoms with Crippen LogP contribution in [-0.2, 0) is 14.3 Å². The second kappa shape index (κ2) is 7.36. The van der Waals surface area contributed by atoms with Crippen molar-refractivity contribution >= 4 is 11.9 Å². The van der Waals surface area contributed by atoms with E-state index in [4.69, 9.17) is 4.74 Å². The lowest BCUT2D eigenvalue weighted by atomic mass is 10.0. The van der Waals surface area contributed by atoms with Gasteiger partial charge in [0.15, 0.2) is 0 Å². The van der Waals surface area contributed by atoms with Crippen molar-refractivity contribution in [3.63, 3.8) is 0 Å². The predicted molar refractivity (Wildman–Crippen MR) is 69.0 cm³/mol. The minimum Gasteiger partial charge on any atom is -0.467 e. The number of hydrogen-bond acceptors (Lipinski definition) is 4. The molecule has 2 N–H and O–H groups in total. The Kier molecular flexibility index (Phi) is 6.12. The third kappa shape index (κ3) is 4.64. The maximum Gasteiger partial charge on any atom is 0.328 e. The first kappa shape index (κ1) is 15.0. The Morgan fingerprint density at radius 1 is 1.39 bits per heavy atom. The highest BCUT2D eigenvalue weighted by Crippen LogP contribution is 2.10. The van der Waals surface area contributed by atoms with Gasteiger partial charge in [0.2, 0.25) is 5.91 Å². The van der Waals surface area contributed by atoms with Gasteiger partial charge in [-0.15, -0.1) is 0 Å². The van der Waals surface area contributed by atoms with E-state index in [9.17, 15) is 9.59 Å². The molecule has 0 aromatic heterocycles. The molecule has 0 bridgehead atoms. The number of rotatable bonds is 5. The lowest BCUT2D eigenvalue weighted by Crippen LogP contribution is -2.52. The van der Waals surface area contributed by atoms with Gasteiger partial charge in [-0.25, -0.2) is 4.79 Å². The summed E-state index contributed by atoms with van der Waals surface area (Å²) in [6, 6.07) is -0.704. The fraction of sp³-hybridized carbons (Fsp3) is 0.846. The molecular weight excluding hydrogens is 232 g/mol. The van der Waals surface area contributed by atoms with Gasteiger partial charge in [-0.05, 0) is 31.7 Å². The zero-order chi connectivity index (χ0) is 13.5. The van der Waals surface area contributed by atoms with Crippen molar-refractivity contribution in [1.29, 1.82) is 0 Å². The Balaban J connectivity index is 2.52. The number of esters is 1. The first-order valence-corrected chi connectivity index (χ1v) is 6.66. The maximum atomic E-state index is 12.0. The molecular formula is C13H24N2O3. The van der Waals surface area contributed by atoms with E-state index < -0.39 is 6.04 Å². The van der Waals surface area contributed by atoms with Gasteiger partial charge in [0.1, 0.15) is 6.04 Å². The topological polar surface area (TPSA) is 67.4 Å². The molecule has 18 heavy (non-hydrogen) atoms. The Labute approximate surface area is 109 Å². The van der Waals surface area contributed by atoms with Crippen molar-refractivity contribution in [3.05, 3.63) is 0 Å². The molecule has 0 unspecified atom stereocenters. The third-order valence-electron chi connectivity index (χ3n) is 3.14. The highest BCUT2D eigenvalue weighted by atomic mass is 16.5. The van der Waals surface area contributed by atoms with Crippen molar-refractivity contribution in [2.24, 2.45) is 5.92 Å². The molecule has 1 rings (SSSR count). The van der Waals surface area contributed by atoms with E-state index in [0.29, 0.717) is 12.3 Å². The van der Waals surface area contributed by atoms with Crippen LogP contribution in [0, 0.1) is 5.92 Å². The minimum atomic E-state index is -0.536. The molecule has 0 aromatic carbocycles. The summed E-state index contributed by atoms with van der Waals surface area (Å²) in [6.07, 6.45) is 3.60. The van der Waals surface area contributed by atoms with Crippen molar-refractivity contribution in [2.45, 2.75) is 51.6 Å². The summed E-state index contributed by atoms with van der Waals surface area (Å²) >= 11 is 0. The summed E-state index contributed by atoms with van der Waals surface area (Å²) in [4.78, 5) is 23.6. The Bertz CT molecular complexity index is 286. The summed E-state index contributed by atoms with van der Waals surface area (Å²) in [5.74, 6) is -0.132. The zero-order valence-corrected chi connectivity index (χ0v) is 11.5. The van der Waals surface area contributed by atoms with Crippen LogP contribution < -0.4 is 10.6 Å².